The van der Waals surface area contributed by atoms with Crippen LogP contribution in [0.2, 0.25) is 0 Å². The van der Waals surface area contributed by atoms with Crippen molar-refractivity contribution < 1.29 is 19.1 Å². The zero-order chi connectivity index (χ0) is 18.1. The molecule has 132 valence electrons. The number of Topliss-reactive ketones (excluding diaryl/α,β-unsaturated/α-hetero) is 1. The summed E-state index contributed by atoms with van der Waals surface area (Å²) in [5.41, 5.74) is 2.12. The van der Waals surface area contributed by atoms with Crippen LogP contribution in [-0.4, -0.2) is 29.5 Å². The number of fused-ring (bicyclic) bond motifs is 2. The predicted octanol–water partition coefficient (Wildman–Crippen LogP) is 3.25. The first-order chi connectivity index (χ1) is 12.6. The number of rotatable bonds is 4. The van der Waals surface area contributed by atoms with Crippen molar-refractivity contribution in [3.8, 4) is 11.5 Å². The molecular formula is C20H18N2O4. The van der Waals surface area contributed by atoms with Gasteiger partial charge in [-0.3, -0.25) is 9.59 Å². The molecule has 2 heterocycles. The Balaban J connectivity index is 1.55. The molecule has 1 aromatic heterocycles. The molecule has 26 heavy (non-hydrogen) atoms. The van der Waals surface area contributed by atoms with Gasteiger partial charge in [0, 0.05) is 34.4 Å². The lowest BCUT2D eigenvalue weighted by Gasteiger charge is -2.19. The van der Waals surface area contributed by atoms with Crippen molar-refractivity contribution in [1.29, 1.82) is 0 Å². The lowest BCUT2D eigenvalue weighted by Crippen LogP contribution is -2.19. The molecule has 2 aromatic carbocycles. The van der Waals surface area contributed by atoms with E-state index >= 15 is 0 Å². The molecule has 0 spiro atoms. The largest absolute Gasteiger partial charge is 0.486 e. The summed E-state index contributed by atoms with van der Waals surface area (Å²) in [5, 5.41) is 3.72. The highest BCUT2D eigenvalue weighted by Gasteiger charge is 2.15. The summed E-state index contributed by atoms with van der Waals surface area (Å²) >= 11 is 0. The molecule has 0 radical (unpaired) electrons. The molecular weight excluding hydrogens is 332 g/mol. The summed E-state index contributed by atoms with van der Waals surface area (Å²) in [6.45, 7) is 2.66. The topological polar surface area (TPSA) is 69.6 Å². The molecule has 0 saturated heterocycles. The van der Waals surface area contributed by atoms with Gasteiger partial charge in [0.25, 0.3) is 0 Å². The maximum Gasteiger partial charge on any atom is 0.244 e. The maximum absolute atomic E-state index is 12.5. The van der Waals surface area contributed by atoms with E-state index in [1.54, 1.807) is 29.0 Å². The van der Waals surface area contributed by atoms with Crippen LogP contribution in [0.25, 0.3) is 10.9 Å². The second-order valence-corrected chi connectivity index (χ2v) is 6.15. The minimum atomic E-state index is -0.183. The van der Waals surface area contributed by atoms with Crippen molar-refractivity contribution >= 4 is 28.3 Å². The summed E-state index contributed by atoms with van der Waals surface area (Å²) in [5.74, 6) is 1.10. The summed E-state index contributed by atoms with van der Waals surface area (Å²) in [6.07, 6.45) is 1.73. The number of amides is 1. The van der Waals surface area contributed by atoms with E-state index in [1.807, 2.05) is 24.3 Å². The van der Waals surface area contributed by atoms with Crippen molar-refractivity contribution in [2.75, 3.05) is 18.5 Å². The van der Waals surface area contributed by atoms with Gasteiger partial charge in [-0.25, -0.2) is 0 Å². The number of nitrogens with zero attached hydrogens (tertiary/aromatic N) is 1. The molecule has 1 aliphatic rings. The Hall–Kier alpha value is -3.28. The molecule has 1 N–H and O–H groups in total. The standard InChI is InChI=1S/C20H18N2O4/c1-13(23)16-11-22(17-5-3-2-4-15(16)17)12-20(24)21-14-6-7-18-19(10-14)26-9-8-25-18/h2-7,10-11H,8-9,12H2,1H3,(H,21,24). The smallest absolute Gasteiger partial charge is 0.244 e. The number of nitrogens with one attached hydrogen (secondary N) is 1. The lowest BCUT2D eigenvalue weighted by atomic mass is 10.1. The summed E-state index contributed by atoms with van der Waals surface area (Å²) < 4.78 is 12.8. The summed E-state index contributed by atoms with van der Waals surface area (Å²) in [7, 11) is 0. The number of aromatic nitrogens is 1. The molecule has 1 amide bonds. The van der Waals surface area contributed by atoms with E-state index in [9.17, 15) is 9.59 Å². The third kappa shape index (κ3) is 3.01. The number of ketones is 1. The summed E-state index contributed by atoms with van der Waals surface area (Å²) in [4.78, 5) is 24.3. The first-order valence-electron chi connectivity index (χ1n) is 8.40. The molecule has 6 nitrogen and oxygen atoms in total. The monoisotopic (exact) mass is 350 g/mol. The van der Waals surface area contributed by atoms with Gasteiger partial charge in [-0.2, -0.15) is 0 Å². The Morgan fingerprint density at radius 3 is 2.65 bits per heavy atom. The number of carbonyl (C=O) groups excluding carboxylic acids is 2. The third-order valence-electron chi connectivity index (χ3n) is 4.31. The number of hydrogen-bond donors (Lipinski definition) is 1. The van der Waals surface area contributed by atoms with E-state index in [0.29, 0.717) is 36.0 Å². The Labute approximate surface area is 150 Å². The Morgan fingerprint density at radius 1 is 1.08 bits per heavy atom. The van der Waals surface area contributed by atoms with Crippen LogP contribution in [0.5, 0.6) is 11.5 Å². The summed E-state index contributed by atoms with van der Waals surface area (Å²) in [6, 6.07) is 12.9. The highest BCUT2D eigenvalue weighted by atomic mass is 16.6. The van der Waals surface area contributed by atoms with E-state index < -0.39 is 0 Å². The molecule has 4 rings (SSSR count). The molecule has 0 bridgehead atoms. The number of anilines is 1. The maximum atomic E-state index is 12.5. The zero-order valence-corrected chi connectivity index (χ0v) is 14.3. The van der Waals surface area contributed by atoms with Crippen molar-refractivity contribution in [1.82, 2.24) is 4.57 Å². The predicted molar refractivity (Wildman–Crippen MR) is 98.0 cm³/mol. The molecule has 6 heteroatoms. The molecule has 0 aliphatic carbocycles. The van der Waals surface area contributed by atoms with Gasteiger partial charge in [0.15, 0.2) is 17.3 Å². The van der Waals surface area contributed by atoms with Gasteiger partial charge in [0.2, 0.25) is 5.91 Å². The number of benzene rings is 2. The minimum Gasteiger partial charge on any atom is -0.486 e. The van der Waals surface area contributed by atoms with Gasteiger partial charge in [0.05, 0.1) is 0 Å². The van der Waals surface area contributed by atoms with Gasteiger partial charge in [0.1, 0.15) is 19.8 Å². The van der Waals surface area contributed by atoms with E-state index in [2.05, 4.69) is 5.32 Å². The average molecular weight is 350 g/mol. The Morgan fingerprint density at radius 2 is 1.85 bits per heavy atom. The fraction of sp³-hybridized carbons (Fsp3) is 0.200. The first kappa shape index (κ1) is 16.2. The number of carbonyl (C=O) groups is 2. The van der Waals surface area contributed by atoms with Gasteiger partial charge in [-0.1, -0.05) is 18.2 Å². The van der Waals surface area contributed by atoms with Crippen molar-refractivity contribution in [3.05, 3.63) is 54.2 Å². The van der Waals surface area contributed by atoms with Gasteiger partial charge in [-0.15, -0.1) is 0 Å². The van der Waals surface area contributed by atoms with Crippen LogP contribution in [0, 0.1) is 0 Å². The molecule has 0 saturated carbocycles. The second-order valence-electron chi connectivity index (χ2n) is 6.15. The van der Waals surface area contributed by atoms with E-state index in [-0.39, 0.29) is 18.2 Å². The highest BCUT2D eigenvalue weighted by molar-refractivity contribution is 6.07. The third-order valence-corrected chi connectivity index (χ3v) is 4.31. The van der Waals surface area contributed by atoms with Crippen molar-refractivity contribution in [2.24, 2.45) is 0 Å². The van der Waals surface area contributed by atoms with Gasteiger partial charge in [-0.05, 0) is 25.1 Å². The SMILES string of the molecule is CC(=O)c1cn(CC(=O)Nc2ccc3c(c2)OCCO3)c2ccccc12. The van der Waals surface area contributed by atoms with E-state index in [4.69, 9.17) is 9.47 Å². The normalized spacial score (nSPS) is 12.8. The van der Waals surface area contributed by atoms with Crippen LogP contribution < -0.4 is 14.8 Å². The highest BCUT2D eigenvalue weighted by Crippen LogP contribution is 2.32. The number of para-hydroxylation sites is 1. The van der Waals surface area contributed by atoms with Crippen LogP contribution in [0.4, 0.5) is 5.69 Å². The lowest BCUT2D eigenvalue weighted by molar-refractivity contribution is -0.116. The quantitative estimate of drug-likeness (QED) is 0.733. The van der Waals surface area contributed by atoms with Crippen LogP contribution in [0.3, 0.4) is 0 Å². The van der Waals surface area contributed by atoms with E-state index in [1.165, 1.54) is 6.92 Å². The average Bonchev–Trinajstić information content (AvgIpc) is 3.00. The van der Waals surface area contributed by atoms with Crippen LogP contribution in [-0.2, 0) is 11.3 Å². The zero-order valence-electron chi connectivity index (χ0n) is 14.3. The number of ether oxygens (including phenoxy) is 2. The van der Waals surface area contributed by atoms with Crippen molar-refractivity contribution in [2.45, 2.75) is 13.5 Å². The molecule has 3 aromatic rings. The fourth-order valence-electron chi connectivity index (χ4n) is 3.13. The van der Waals surface area contributed by atoms with Crippen LogP contribution in [0.15, 0.2) is 48.7 Å². The fourth-order valence-corrected chi connectivity index (χ4v) is 3.13. The Kier molecular flexibility index (Phi) is 4.08. The second kappa shape index (κ2) is 6.55. The van der Waals surface area contributed by atoms with Gasteiger partial charge >= 0.3 is 0 Å². The first-order valence-corrected chi connectivity index (χ1v) is 8.40. The minimum absolute atomic E-state index is 0.0211. The van der Waals surface area contributed by atoms with Crippen molar-refractivity contribution in [3.63, 3.8) is 0 Å². The molecule has 0 atom stereocenters. The number of hydrogen-bond acceptors (Lipinski definition) is 4. The van der Waals surface area contributed by atoms with Crippen LogP contribution in [0.1, 0.15) is 17.3 Å². The molecule has 1 aliphatic heterocycles. The van der Waals surface area contributed by atoms with Gasteiger partial charge < -0.3 is 19.4 Å². The molecule has 0 fully saturated rings. The molecule has 0 unspecified atom stereocenters. The van der Waals surface area contributed by atoms with Crippen LogP contribution >= 0.6 is 0 Å². The Bertz CT molecular complexity index is 1010. The van der Waals surface area contributed by atoms with E-state index in [0.717, 1.165) is 10.9 Å².